The summed E-state index contributed by atoms with van der Waals surface area (Å²) in [6.07, 6.45) is 6.55. The fourth-order valence-electron chi connectivity index (χ4n) is 1.87. The van der Waals surface area contributed by atoms with Gasteiger partial charge in [0.15, 0.2) is 0 Å². The van der Waals surface area contributed by atoms with Crippen molar-refractivity contribution in [3.05, 3.63) is 47.0 Å². The molecule has 0 bridgehead atoms. The normalized spacial score (nSPS) is 10.6. The van der Waals surface area contributed by atoms with E-state index < -0.39 is 0 Å². The summed E-state index contributed by atoms with van der Waals surface area (Å²) in [5.74, 6) is 0.947. The Balaban J connectivity index is 1.84. The Morgan fingerprint density at radius 1 is 1.42 bits per heavy atom. The van der Waals surface area contributed by atoms with E-state index in [1.54, 1.807) is 6.20 Å². The molecule has 0 radical (unpaired) electrons. The SMILES string of the molecule is CNCc1cc(Br)ccc1OCCCn1ccnc1. The molecule has 2 aromatic rings. The van der Waals surface area contributed by atoms with Crippen LogP contribution in [0.4, 0.5) is 0 Å². The van der Waals surface area contributed by atoms with Crippen LogP contribution in [0.5, 0.6) is 5.75 Å². The molecule has 102 valence electrons. The maximum atomic E-state index is 5.85. The van der Waals surface area contributed by atoms with Crippen molar-refractivity contribution >= 4 is 15.9 Å². The summed E-state index contributed by atoms with van der Waals surface area (Å²) in [5.41, 5.74) is 1.17. The summed E-state index contributed by atoms with van der Waals surface area (Å²) in [5, 5.41) is 3.15. The summed E-state index contributed by atoms with van der Waals surface area (Å²) in [4.78, 5) is 4.02. The molecule has 0 fully saturated rings. The van der Waals surface area contributed by atoms with E-state index in [1.165, 1.54) is 5.56 Å². The van der Waals surface area contributed by atoms with Gasteiger partial charge < -0.3 is 14.6 Å². The number of aromatic nitrogens is 2. The first-order valence-electron chi connectivity index (χ1n) is 6.31. The predicted molar refractivity (Wildman–Crippen MR) is 79.2 cm³/mol. The lowest BCUT2D eigenvalue weighted by Gasteiger charge is -2.12. The summed E-state index contributed by atoms with van der Waals surface area (Å²) >= 11 is 3.48. The van der Waals surface area contributed by atoms with Crippen molar-refractivity contribution in [1.29, 1.82) is 0 Å². The lowest BCUT2D eigenvalue weighted by molar-refractivity contribution is 0.298. The molecule has 0 unspecified atom stereocenters. The summed E-state index contributed by atoms with van der Waals surface area (Å²) < 4.78 is 8.98. The Morgan fingerprint density at radius 2 is 2.32 bits per heavy atom. The van der Waals surface area contributed by atoms with Crippen molar-refractivity contribution in [3.8, 4) is 5.75 Å². The van der Waals surface area contributed by atoms with E-state index in [-0.39, 0.29) is 0 Å². The molecule has 1 aromatic carbocycles. The molecular formula is C14H18BrN3O. The van der Waals surface area contributed by atoms with Crippen molar-refractivity contribution < 1.29 is 4.74 Å². The molecule has 0 amide bonds. The zero-order valence-corrected chi connectivity index (χ0v) is 12.6. The first kappa shape index (κ1) is 14.1. The van der Waals surface area contributed by atoms with Crippen LogP contribution < -0.4 is 10.1 Å². The van der Waals surface area contributed by atoms with Crippen LogP contribution in [0.3, 0.4) is 0 Å². The molecule has 0 spiro atoms. The number of nitrogens with one attached hydrogen (secondary N) is 1. The van der Waals surface area contributed by atoms with E-state index in [0.29, 0.717) is 6.61 Å². The van der Waals surface area contributed by atoms with Crippen molar-refractivity contribution in [1.82, 2.24) is 14.9 Å². The van der Waals surface area contributed by atoms with Gasteiger partial charge >= 0.3 is 0 Å². The zero-order chi connectivity index (χ0) is 13.5. The molecule has 0 aliphatic carbocycles. The van der Waals surface area contributed by atoms with Crippen LogP contribution in [0.25, 0.3) is 0 Å². The molecule has 0 aliphatic heterocycles. The average molecular weight is 324 g/mol. The maximum absolute atomic E-state index is 5.85. The van der Waals surface area contributed by atoms with Crippen LogP contribution in [-0.2, 0) is 13.1 Å². The minimum absolute atomic E-state index is 0.705. The third-order valence-corrected chi connectivity index (χ3v) is 3.26. The molecule has 1 heterocycles. The second kappa shape index (κ2) is 7.31. The van der Waals surface area contributed by atoms with Gasteiger partial charge in [0, 0.05) is 35.5 Å². The summed E-state index contributed by atoms with van der Waals surface area (Å²) in [6, 6.07) is 6.10. The zero-order valence-electron chi connectivity index (χ0n) is 11.0. The molecule has 0 atom stereocenters. The highest BCUT2D eigenvalue weighted by molar-refractivity contribution is 9.10. The summed E-state index contributed by atoms with van der Waals surface area (Å²) in [7, 11) is 1.93. The highest BCUT2D eigenvalue weighted by Gasteiger charge is 2.03. The second-order valence-corrected chi connectivity index (χ2v) is 5.20. The van der Waals surface area contributed by atoms with Crippen molar-refractivity contribution in [3.63, 3.8) is 0 Å². The molecule has 0 aliphatic rings. The number of benzene rings is 1. The van der Waals surface area contributed by atoms with Crippen LogP contribution in [0, 0.1) is 0 Å². The fraction of sp³-hybridized carbons (Fsp3) is 0.357. The van der Waals surface area contributed by atoms with Gasteiger partial charge in [-0.15, -0.1) is 0 Å². The van der Waals surface area contributed by atoms with Gasteiger partial charge in [0.2, 0.25) is 0 Å². The monoisotopic (exact) mass is 323 g/mol. The summed E-state index contributed by atoms with van der Waals surface area (Å²) in [6.45, 7) is 2.44. The average Bonchev–Trinajstić information content (AvgIpc) is 2.90. The largest absolute Gasteiger partial charge is 0.493 e. The van der Waals surface area contributed by atoms with E-state index in [4.69, 9.17) is 4.74 Å². The van der Waals surface area contributed by atoms with Gasteiger partial charge in [0.25, 0.3) is 0 Å². The Labute approximate surface area is 121 Å². The van der Waals surface area contributed by atoms with Crippen molar-refractivity contribution in [2.75, 3.05) is 13.7 Å². The first-order valence-corrected chi connectivity index (χ1v) is 7.10. The van der Waals surface area contributed by atoms with Gasteiger partial charge in [-0.3, -0.25) is 0 Å². The van der Waals surface area contributed by atoms with E-state index >= 15 is 0 Å². The van der Waals surface area contributed by atoms with Gasteiger partial charge in [-0.25, -0.2) is 4.98 Å². The molecule has 19 heavy (non-hydrogen) atoms. The Kier molecular flexibility index (Phi) is 5.42. The number of hydrogen-bond donors (Lipinski definition) is 1. The third kappa shape index (κ3) is 4.36. The molecular weight excluding hydrogens is 306 g/mol. The van der Waals surface area contributed by atoms with E-state index in [0.717, 1.165) is 29.7 Å². The number of nitrogens with zero attached hydrogens (tertiary/aromatic N) is 2. The Hall–Kier alpha value is -1.33. The number of aryl methyl sites for hydroxylation is 1. The quantitative estimate of drug-likeness (QED) is 0.796. The molecule has 1 N–H and O–H groups in total. The maximum Gasteiger partial charge on any atom is 0.123 e. The van der Waals surface area contributed by atoms with Gasteiger partial charge in [0.05, 0.1) is 12.9 Å². The predicted octanol–water partition coefficient (Wildman–Crippen LogP) is 2.83. The topological polar surface area (TPSA) is 39.1 Å². The first-order chi connectivity index (χ1) is 9.29. The lowest BCUT2D eigenvalue weighted by Crippen LogP contribution is -2.09. The van der Waals surface area contributed by atoms with Gasteiger partial charge in [-0.05, 0) is 31.7 Å². The molecule has 0 saturated heterocycles. The lowest BCUT2D eigenvalue weighted by atomic mass is 10.2. The third-order valence-electron chi connectivity index (χ3n) is 2.77. The van der Waals surface area contributed by atoms with Crippen molar-refractivity contribution in [2.45, 2.75) is 19.5 Å². The van der Waals surface area contributed by atoms with Gasteiger partial charge in [0.1, 0.15) is 5.75 Å². The van der Waals surface area contributed by atoms with E-state index in [1.807, 2.05) is 31.7 Å². The van der Waals surface area contributed by atoms with Crippen LogP contribution >= 0.6 is 15.9 Å². The molecule has 5 heteroatoms. The minimum Gasteiger partial charge on any atom is -0.493 e. The fourth-order valence-corrected chi connectivity index (χ4v) is 2.27. The Morgan fingerprint density at radius 3 is 3.05 bits per heavy atom. The van der Waals surface area contributed by atoms with Crippen molar-refractivity contribution in [2.24, 2.45) is 0 Å². The van der Waals surface area contributed by atoms with Crippen LogP contribution in [0.15, 0.2) is 41.4 Å². The molecule has 1 aromatic heterocycles. The second-order valence-electron chi connectivity index (χ2n) is 4.28. The molecule has 2 rings (SSSR count). The number of halogens is 1. The highest BCUT2D eigenvalue weighted by atomic mass is 79.9. The van der Waals surface area contributed by atoms with Gasteiger partial charge in [-0.2, -0.15) is 0 Å². The van der Waals surface area contributed by atoms with Crippen LogP contribution in [0.1, 0.15) is 12.0 Å². The standard InChI is InChI=1S/C14H18BrN3O/c1-16-10-12-9-13(15)3-4-14(12)19-8-2-6-18-7-5-17-11-18/h3-5,7,9,11,16H,2,6,8,10H2,1H3. The molecule has 0 saturated carbocycles. The van der Waals surface area contributed by atoms with Crippen LogP contribution in [-0.4, -0.2) is 23.2 Å². The van der Waals surface area contributed by atoms with E-state index in [2.05, 4.69) is 36.9 Å². The number of ether oxygens (including phenoxy) is 1. The van der Waals surface area contributed by atoms with E-state index in [9.17, 15) is 0 Å². The van der Waals surface area contributed by atoms with Gasteiger partial charge in [-0.1, -0.05) is 15.9 Å². The minimum atomic E-state index is 0.705. The molecule has 4 nitrogen and oxygen atoms in total. The van der Waals surface area contributed by atoms with Crippen LogP contribution in [0.2, 0.25) is 0 Å². The smallest absolute Gasteiger partial charge is 0.123 e. The number of rotatable bonds is 7. The number of imidazole rings is 1. The highest BCUT2D eigenvalue weighted by Crippen LogP contribution is 2.23. The Bertz CT molecular complexity index is 499. The number of hydrogen-bond acceptors (Lipinski definition) is 3.